The van der Waals surface area contributed by atoms with Gasteiger partial charge in [0.1, 0.15) is 5.75 Å². The first-order valence-electron chi connectivity index (χ1n) is 5.73. The molecule has 0 saturated carbocycles. The van der Waals surface area contributed by atoms with E-state index in [1.807, 2.05) is 19.1 Å². The lowest BCUT2D eigenvalue weighted by molar-refractivity contribution is 0.471. The lowest BCUT2D eigenvalue weighted by atomic mass is 10.0. The van der Waals surface area contributed by atoms with Gasteiger partial charge in [-0.3, -0.25) is 4.72 Å². The summed E-state index contributed by atoms with van der Waals surface area (Å²) in [6, 6.07) is 12.4. The zero-order chi connectivity index (χ0) is 14.0. The number of phenolic OH excluding ortho intramolecular Hbond substituents is 1. The zero-order valence-corrected chi connectivity index (χ0v) is 11.5. The molecule has 0 fully saturated rings. The van der Waals surface area contributed by atoms with Gasteiger partial charge in [-0.05, 0) is 47.9 Å². The maximum atomic E-state index is 11.2. The SMILES string of the molecule is Cc1cc(-c2cccc(NS(C)(=O)=O)c2)ccc1O. The molecular weight excluding hydrogens is 262 g/mol. The number of aryl methyl sites for hydroxylation is 1. The summed E-state index contributed by atoms with van der Waals surface area (Å²) in [7, 11) is -3.28. The molecule has 2 aromatic carbocycles. The Hall–Kier alpha value is -2.01. The molecule has 0 aliphatic carbocycles. The van der Waals surface area contributed by atoms with Crippen molar-refractivity contribution in [3.63, 3.8) is 0 Å². The van der Waals surface area contributed by atoms with Crippen LogP contribution >= 0.6 is 0 Å². The number of hydrogen-bond donors (Lipinski definition) is 2. The fourth-order valence-corrected chi connectivity index (χ4v) is 2.37. The average molecular weight is 277 g/mol. The first-order chi connectivity index (χ1) is 8.85. The summed E-state index contributed by atoms with van der Waals surface area (Å²) in [5, 5.41) is 9.51. The molecule has 0 atom stereocenters. The Morgan fingerprint density at radius 1 is 1.05 bits per heavy atom. The summed E-state index contributed by atoms with van der Waals surface area (Å²) in [5.74, 6) is 0.245. The maximum Gasteiger partial charge on any atom is 0.229 e. The number of nitrogens with one attached hydrogen (secondary N) is 1. The van der Waals surface area contributed by atoms with Gasteiger partial charge in [0, 0.05) is 5.69 Å². The van der Waals surface area contributed by atoms with Crippen molar-refractivity contribution in [3.05, 3.63) is 48.0 Å². The van der Waals surface area contributed by atoms with Crippen LogP contribution in [0.3, 0.4) is 0 Å². The van der Waals surface area contributed by atoms with Gasteiger partial charge in [-0.1, -0.05) is 18.2 Å². The van der Waals surface area contributed by atoms with E-state index in [0.717, 1.165) is 22.9 Å². The van der Waals surface area contributed by atoms with E-state index < -0.39 is 10.0 Å². The van der Waals surface area contributed by atoms with Crippen molar-refractivity contribution < 1.29 is 13.5 Å². The number of aromatic hydroxyl groups is 1. The smallest absolute Gasteiger partial charge is 0.229 e. The molecule has 2 aromatic rings. The predicted molar refractivity (Wildman–Crippen MR) is 76.7 cm³/mol. The largest absolute Gasteiger partial charge is 0.508 e. The number of hydrogen-bond acceptors (Lipinski definition) is 3. The highest BCUT2D eigenvalue weighted by atomic mass is 32.2. The Morgan fingerprint density at radius 3 is 2.37 bits per heavy atom. The minimum atomic E-state index is -3.28. The summed E-state index contributed by atoms with van der Waals surface area (Å²) in [6.45, 7) is 1.82. The molecule has 0 aromatic heterocycles. The number of benzene rings is 2. The van der Waals surface area contributed by atoms with E-state index in [1.165, 1.54) is 0 Å². The van der Waals surface area contributed by atoms with Crippen LogP contribution in [0.15, 0.2) is 42.5 Å². The fraction of sp³-hybridized carbons (Fsp3) is 0.143. The third-order valence-corrected chi connectivity index (χ3v) is 3.30. The molecule has 0 radical (unpaired) electrons. The van der Waals surface area contributed by atoms with Crippen LogP contribution in [-0.2, 0) is 10.0 Å². The van der Waals surface area contributed by atoms with E-state index in [2.05, 4.69) is 4.72 Å². The Morgan fingerprint density at radius 2 is 1.74 bits per heavy atom. The summed E-state index contributed by atoms with van der Waals surface area (Å²) < 4.78 is 24.8. The monoisotopic (exact) mass is 277 g/mol. The van der Waals surface area contributed by atoms with Gasteiger partial charge in [0.15, 0.2) is 0 Å². The van der Waals surface area contributed by atoms with Crippen molar-refractivity contribution >= 4 is 15.7 Å². The second-order valence-corrected chi connectivity index (χ2v) is 6.20. The third-order valence-electron chi connectivity index (χ3n) is 2.70. The van der Waals surface area contributed by atoms with Crippen LogP contribution in [0.2, 0.25) is 0 Å². The van der Waals surface area contributed by atoms with Crippen LogP contribution in [0.4, 0.5) is 5.69 Å². The van der Waals surface area contributed by atoms with Crippen LogP contribution < -0.4 is 4.72 Å². The van der Waals surface area contributed by atoms with Crippen molar-refractivity contribution in [1.82, 2.24) is 0 Å². The standard InChI is InChI=1S/C14H15NO3S/c1-10-8-12(6-7-14(10)16)11-4-3-5-13(9-11)15-19(2,17)18/h3-9,15-16H,1-2H3. The Labute approximate surface area is 112 Å². The molecule has 2 rings (SSSR count). The van der Waals surface area contributed by atoms with E-state index in [-0.39, 0.29) is 5.75 Å². The first-order valence-corrected chi connectivity index (χ1v) is 7.62. The highest BCUT2D eigenvalue weighted by Crippen LogP contribution is 2.27. The highest BCUT2D eigenvalue weighted by molar-refractivity contribution is 7.92. The van der Waals surface area contributed by atoms with Crippen LogP contribution in [0.25, 0.3) is 11.1 Å². The average Bonchev–Trinajstić information content (AvgIpc) is 2.31. The number of anilines is 1. The molecule has 0 spiro atoms. The Bertz CT molecular complexity index is 708. The van der Waals surface area contributed by atoms with Gasteiger partial charge in [-0.25, -0.2) is 8.42 Å². The van der Waals surface area contributed by atoms with Crippen LogP contribution in [0, 0.1) is 6.92 Å². The van der Waals surface area contributed by atoms with E-state index >= 15 is 0 Å². The molecule has 5 heteroatoms. The maximum absolute atomic E-state index is 11.2. The minimum Gasteiger partial charge on any atom is -0.508 e. The number of phenols is 1. The molecule has 0 unspecified atom stereocenters. The van der Waals surface area contributed by atoms with Crippen molar-refractivity contribution in [3.8, 4) is 16.9 Å². The van der Waals surface area contributed by atoms with E-state index in [1.54, 1.807) is 30.3 Å². The first kappa shape index (κ1) is 13.4. The fourth-order valence-electron chi connectivity index (χ4n) is 1.81. The molecule has 0 aliphatic heterocycles. The van der Waals surface area contributed by atoms with Crippen LogP contribution in [0.1, 0.15) is 5.56 Å². The van der Waals surface area contributed by atoms with Crippen LogP contribution in [-0.4, -0.2) is 19.8 Å². The summed E-state index contributed by atoms with van der Waals surface area (Å²) in [6.07, 6.45) is 1.12. The second kappa shape index (κ2) is 4.93. The lowest BCUT2D eigenvalue weighted by Gasteiger charge is -2.08. The van der Waals surface area contributed by atoms with Gasteiger partial charge in [0.25, 0.3) is 0 Å². The van der Waals surface area contributed by atoms with Crippen molar-refractivity contribution in [2.45, 2.75) is 6.92 Å². The van der Waals surface area contributed by atoms with E-state index in [0.29, 0.717) is 5.69 Å². The molecule has 4 nitrogen and oxygen atoms in total. The van der Waals surface area contributed by atoms with Gasteiger partial charge in [0.2, 0.25) is 10.0 Å². The normalized spacial score (nSPS) is 11.3. The number of sulfonamides is 1. The quantitative estimate of drug-likeness (QED) is 0.906. The van der Waals surface area contributed by atoms with Crippen LogP contribution in [0.5, 0.6) is 5.75 Å². The topological polar surface area (TPSA) is 66.4 Å². The summed E-state index contributed by atoms with van der Waals surface area (Å²) >= 11 is 0. The predicted octanol–water partition coefficient (Wildman–Crippen LogP) is 2.74. The van der Waals surface area contributed by atoms with Crippen molar-refractivity contribution in [2.24, 2.45) is 0 Å². The number of rotatable bonds is 3. The second-order valence-electron chi connectivity index (χ2n) is 4.46. The molecule has 0 bridgehead atoms. The minimum absolute atomic E-state index is 0.245. The molecular formula is C14H15NO3S. The van der Waals surface area contributed by atoms with Gasteiger partial charge in [-0.2, -0.15) is 0 Å². The summed E-state index contributed by atoms with van der Waals surface area (Å²) in [5.41, 5.74) is 3.11. The Balaban J connectivity index is 2.40. The molecule has 0 amide bonds. The molecule has 0 aliphatic rings. The van der Waals surface area contributed by atoms with Crippen molar-refractivity contribution in [2.75, 3.05) is 11.0 Å². The summed E-state index contributed by atoms with van der Waals surface area (Å²) in [4.78, 5) is 0. The zero-order valence-electron chi connectivity index (χ0n) is 10.7. The molecule has 0 saturated heterocycles. The van der Waals surface area contributed by atoms with E-state index in [4.69, 9.17) is 0 Å². The Kier molecular flexibility index (Phi) is 3.48. The van der Waals surface area contributed by atoms with Gasteiger partial charge >= 0.3 is 0 Å². The van der Waals surface area contributed by atoms with E-state index in [9.17, 15) is 13.5 Å². The molecule has 100 valence electrons. The van der Waals surface area contributed by atoms with Gasteiger partial charge in [-0.15, -0.1) is 0 Å². The highest BCUT2D eigenvalue weighted by Gasteiger charge is 2.05. The molecule has 2 N–H and O–H groups in total. The van der Waals surface area contributed by atoms with Crippen molar-refractivity contribution in [1.29, 1.82) is 0 Å². The lowest BCUT2D eigenvalue weighted by Crippen LogP contribution is -2.09. The molecule has 0 heterocycles. The molecule has 19 heavy (non-hydrogen) atoms. The van der Waals surface area contributed by atoms with Gasteiger partial charge < -0.3 is 5.11 Å². The van der Waals surface area contributed by atoms with Gasteiger partial charge in [0.05, 0.1) is 6.26 Å². The third kappa shape index (κ3) is 3.48.